The minimum Gasteiger partial charge on any atom is -0.378 e. The molecule has 2 N–H and O–H groups in total. The maximum absolute atomic E-state index is 12.4. The number of carbonyl (C=O) groups is 1. The van der Waals surface area contributed by atoms with Crippen LogP contribution in [0.25, 0.3) is 0 Å². The van der Waals surface area contributed by atoms with Crippen molar-refractivity contribution < 1.29 is 9.53 Å². The highest BCUT2D eigenvalue weighted by atomic mass is 16.5. The van der Waals surface area contributed by atoms with E-state index in [1.54, 1.807) is 7.11 Å². The van der Waals surface area contributed by atoms with Crippen molar-refractivity contribution in [3.8, 4) is 0 Å². The molecule has 1 atom stereocenters. The minimum absolute atomic E-state index is 0.151. The van der Waals surface area contributed by atoms with E-state index in [4.69, 9.17) is 10.5 Å². The number of hydrogen-bond acceptors (Lipinski definition) is 4. The minimum atomic E-state index is -0.151. The Balaban J connectivity index is 1.74. The van der Waals surface area contributed by atoms with Gasteiger partial charge in [-0.1, -0.05) is 6.92 Å². The molecule has 2 aliphatic rings. The van der Waals surface area contributed by atoms with Crippen LogP contribution in [0.5, 0.6) is 0 Å². The lowest BCUT2D eigenvalue weighted by molar-refractivity contribution is -0.145. The fraction of sp³-hybridized carbons (Fsp3) is 0.933. The Hall–Kier alpha value is -0.650. The van der Waals surface area contributed by atoms with Gasteiger partial charge in [0, 0.05) is 39.8 Å². The van der Waals surface area contributed by atoms with Crippen LogP contribution in [0, 0.1) is 5.92 Å². The fourth-order valence-electron chi connectivity index (χ4n) is 3.11. The zero-order valence-electron chi connectivity index (χ0n) is 12.9. The van der Waals surface area contributed by atoms with E-state index in [9.17, 15) is 4.79 Å². The molecule has 1 saturated carbocycles. The van der Waals surface area contributed by atoms with Crippen LogP contribution in [0.4, 0.5) is 0 Å². The molecule has 116 valence electrons. The summed E-state index contributed by atoms with van der Waals surface area (Å²) in [5.41, 5.74) is 5.52. The number of piperazine rings is 1. The quantitative estimate of drug-likeness (QED) is 0.779. The first kappa shape index (κ1) is 15.7. The van der Waals surface area contributed by atoms with Gasteiger partial charge in [0.15, 0.2) is 0 Å². The summed E-state index contributed by atoms with van der Waals surface area (Å²) < 4.78 is 5.55. The molecule has 2 fully saturated rings. The Kier molecular flexibility index (Phi) is 5.41. The number of nitrogens with two attached hydrogens (primary N) is 1. The van der Waals surface area contributed by atoms with Gasteiger partial charge in [-0.15, -0.1) is 0 Å². The van der Waals surface area contributed by atoms with E-state index in [0.717, 1.165) is 52.1 Å². The van der Waals surface area contributed by atoms with Crippen molar-refractivity contribution in [1.82, 2.24) is 9.80 Å². The molecule has 0 aromatic rings. The molecule has 1 unspecified atom stereocenters. The molecule has 1 heterocycles. The predicted octanol–water partition coefficient (Wildman–Crippen LogP) is 0.685. The van der Waals surface area contributed by atoms with Crippen LogP contribution in [-0.4, -0.2) is 67.7 Å². The third-order valence-electron chi connectivity index (χ3n) is 4.87. The number of amides is 1. The van der Waals surface area contributed by atoms with Gasteiger partial charge in [-0.25, -0.2) is 0 Å². The average molecular weight is 283 g/mol. The first-order valence-electron chi connectivity index (χ1n) is 7.84. The van der Waals surface area contributed by atoms with E-state index in [-0.39, 0.29) is 11.5 Å². The van der Waals surface area contributed by atoms with Crippen LogP contribution in [0.1, 0.15) is 32.6 Å². The summed E-state index contributed by atoms with van der Waals surface area (Å²) in [4.78, 5) is 16.8. The molecule has 0 radical (unpaired) electrons. The highest BCUT2D eigenvalue weighted by Gasteiger charge is 2.40. The Morgan fingerprint density at radius 3 is 2.40 bits per heavy atom. The van der Waals surface area contributed by atoms with Crippen LogP contribution < -0.4 is 5.73 Å². The zero-order chi connectivity index (χ0) is 14.6. The van der Waals surface area contributed by atoms with Crippen molar-refractivity contribution in [2.75, 3.05) is 46.4 Å². The SMILES string of the molecule is COC1(CC(=O)N2CCN(CC(C)CN)CC2)CCC1. The Morgan fingerprint density at radius 1 is 1.30 bits per heavy atom. The summed E-state index contributed by atoms with van der Waals surface area (Å²) in [6.45, 7) is 7.57. The molecule has 0 bridgehead atoms. The normalized spacial score (nSPS) is 24.2. The molecule has 5 heteroatoms. The summed E-state index contributed by atoms with van der Waals surface area (Å²) in [5, 5.41) is 0. The standard InChI is InChI=1S/C15H29N3O2/c1-13(11-16)12-17-6-8-18(9-7-17)14(19)10-15(20-2)4-3-5-15/h13H,3-12,16H2,1-2H3. The highest BCUT2D eigenvalue weighted by molar-refractivity contribution is 5.77. The van der Waals surface area contributed by atoms with Gasteiger partial charge in [0.1, 0.15) is 0 Å². The monoisotopic (exact) mass is 283 g/mol. The van der Waals surface area contributed by atoms with Crippen LogP contribution >= 0.6 is 0 Å². The van der Waals surface area contributed by atoms with Crippen molar-refractivity contribution in [3.63, 3.8) is 0 Å². The topological polar surface area (TPSA) is 58.8 Å². The van der Waals surface area contributed by atoms with Crippen molar-refractivity contribution in [1.29, 1.82) is 0 Å². The number of methoxy groups -OCH3 is 1. The van der Waals surface area contributed by atoms with E-state index in [1.807, 2.05) is 4.90 Å². The van der Waals surface area contributed by atoms with Crippen LogP contribution in [0.3, 0.4) is 0 Å². The molecule has 0 spiro atoms. The third kappa shape index (κ3) is 3.71. The van der Waals surface area contributed by atoms with Gasteiger partial charge in [0.2, 0.25) is 5.91 Å². The smallest absolute Gasteiger partial charge is 0.225 e. The zero-order valence-corrected chi connectivity index (χ0v) is 12.9. The van der Waals surface area contributed by atoms with Gasteiger partial charge in [0.25, 0.3) is 0 Å². The fourth-order valence-corrected chi connectivity index (χ4v) is 3.11. The third-order valence-corrected chi connectivity index (χ3v) is 4.87. The molecular weight excluding hydrogens is 254 g/mol. The van der Waals surface area contributed by atoms with Crippen LogP contribution in [-0.2, 0) is 9.53 Å². The predicted molar refractivity (Wildman–Crippen MR) is 79.4 cm³/mol. The largest absolute Gasteiger partial charge is 0.378 e. The maximum atomic E-state index is 12.4. The Morgan fingerprint density at radius 2 is 1.95 bits per heavy atom. The lowest BCUT2D eigenvalue weighted by Crippen LogP contribution is -2.52. The lowest BCUT2D eigenvalue weighted by atomic mass is 9.77. The maximum Gasteiger partial charge on any atom is 0.225 e. The van der Waals surface area contributed by atoms with Gasteiger partial charge in [-0.2, -0.15) is 0 Å². The van der Waals surface area contributed by atoms with Gasteiger partial charge >= 0.3 is 0 Å². The number of ether oxygens (including phenoxy) is 1. The molecule has 1 aliphatic heterocycles. The number of nitrogens with zero attached hydrogens (tertiary/aromatic N) is 2. The van der Waals surface area contributed by atoms with E-state index >= 15 is 0 Å². The Labute approximate surface area is 122 Å². The molecule has 1 amide bonds. The van der Waals surface area contributed by atoms with Gasteiger partial charge in [-0.05, 0) is 31.7 Å². The summed E-state index contributed by atoms with van der Waals surface area (Å²) in [6.07, 6.45) is 3.81. The molecule has 1 aliphatic carbocycles. The van der Waals surface area contributed by atoms with Crippen LogP contribution in [0.2, 0.25) is 0 Å². The van der Waals surface area contributed by atoms with Crippen molar-refractivity contribution in [3.05, 3.63) is 0 Å². The van der Waals surface area contributed by atoms with E-state index in [0.29, 0.717) is 12.3 Å². The highest BCUT2D eigenvalue weighted by Crippen LogP contribution is 2.38. The van der Waals surface area contributed by atoms with Gasteiger partial charge < -0.3 is 15.4 Å². The van der Waals surface area contributed by atoms with Crippen molar-refractivity contribution in [2.24, 2.45) is 11.7 Å². The molecule has 0 aromatic heterocycles. The number of rotatable bonds is 6. The molecule has 5 nitrogen and oxygen atoms in total. The van der Waals surface area contributed by atoms with E-state index in [2.05, 4.69) is 11.8 Å². The molecular formula is C15H29N3O2. The second kappa shape index (κ2) is 6.87. The summed E-state index contributed by atoms with van der Waals surface area (Å²) in [7, 11) is 1.73. The van der Waals surface area contributed by atoms with E-state index < -0.39 is 0 Å². The first-order valence-corrected chi connectivity index (χ1v) is 7.84. The number of carbonyl (C=O) groups excluding carboxylic acids is 1. The summed E-state index contributed by atoms with van der Waals surface area (Å²) >= 11 is 0. The second-order valence-corrected chi connectivity index (χ2v) is 6.44. The second-order valence-electron chi connectivity index (χ2n) is 6.44. The molecule has 1 saturated heterocycles. The number of hydrogen-bond donors (Lipinski definition) is 1. The molecule has 0 aromatic carbocycles. The van der Waals surface area contributed by atoms with E-state index in [1.165, 1.54) is 6.42 Å². The molecule has 20 heavy (non-hydrogen) atoms. The van der Waals surface area contributed by atoms with Gasteiger partial charge in [0.05, 0.1) is 12.0 Å². The summed E-state index contributed by atoms with van der Waals surface area (Å²) in [5.74, 6) is 0.794. The van der Waals surface area contributed by atoms with Crippen LogP contribution in [0.15, 0.2) is 0 Å². The summed E-state index contributed by atoms with van der Waals surface area (Å²) in [6, 6.07) is 0. The van der Waals surface area contributed by atoms with Crippen molar-refractivity contribution in [2.45, 2.75) is 38.2 Å². The molecule has 2 rings (SSSR count). The van der Waals surface area contributed by atoms with Gasteiger partial charge in [-0.3, -0.25) is 9.69 Å². The van der Waals surface area contributed by atoms with Crippen molar-refractivity contribution >= 4 is 5.91 Å². The first-order chi connectivity index (χ1) is 9.58. The average Bonchev–Trinajstić information content (AvgIpc) is 2.43. The lowest BCUT2D eigenvalue weighted by Gasteiger charge is -2.42. The Bertz CT molecular complexity index is 318.